The summed E-state index contributed by atoms with van der Waals surface area (Å²) in [6.07, 6.45) is 9.81. The van der Waals surface area contributed by atoms with E-state index in [-0.39, 0.29) is 13.3 Å². The summed E-state index contributed by atoms with van der Waals surface area (Å²) in [6.45, 7) is 6.96. The Labute approximate surface area is 216 Å². The second kappa shape index (κ2) is 12.8. The molecule has 2 aliphatic rings. The van der Waals surface area contributed by atoms with Gasteiger partial charge >= 0.3 is 0 Å². The maximum atomic E-state index is 8.66. The van der Waals surface area contributed by atoms with Crippen molar-refractivity contribution in [2.24, 2.45) is 10.9 Å². The smallest absolute Gasteiger partial charge is 0.189 e. The molecule has 0 aliphatic heterocycles. The highest BCUT2D eigenvalue weighted by Gasteiger charge is 2.21. The lowest BCUT2D eigenvalue weighted by molar-refractivity contribution is 0.318. The largest absolute Gasteiger partial charge is 0.409 e. The summed E-state index contributed by atoms with van der Waals surface area (Å²) in [6, 6.07) is 12.1. The maximum Gasteiger partial charge on any atom is 0.189 e. The van der Waals surface area contributed by atoms with Crippen molar-refractivity contribution in [2.75, 3.05) is 7.11 Å². The van der Waals surface area contributed by atoms with Gasteiger partial charge in [0, 0.05) is 12.7 Å². The average Bonchev–Trinajstić information content (AvgIpc) is 3.75. The molecule has 6 rings (SSSR count). The van der Waals surface area contributed by atoms with E-state index in [4.69, 9.17) is 22.6 Å². The van der Waals surface area contributed by atoms with E-state index >= 15 is 0 Å². The first-order valence-electron chi connectivity index (χ1n) is 12.2. The van der Waals surface area contributed by atoms with Crippen LogP contribution < -0.4 is 5.73 Å². The van der Waals surface area contributed by atoms with Crippen LogP contribution >= 0.6 is 0 Å². The van der Waals surface area contributed by atoms with E-state index in [2.05, 4.69) is 30.6 Å². The molecule has 4 aromatic rings. The van der Waals surface area contributed by atoms with Crippen LogP contribution in [0.4, 0.5) is 5.69 Å². The summed E-state index contributed by atoms with van der Waals surface area (Å²) in [7, 11) is 1.00. The summed E-state index contributed by atoms with van der Waals surface area (Å²) in [5.41, 5.74) is 10.5. The van der Waals surface area contributed by atoms with Gasteiger partial charge in [-0.2, -0.15) is 0 Å². The number of aliphatic hydroxyl groups excluding tert-OH is 1. The lowest BCUT2D eigenvalue weighted by Gasteiger charge is -2.09. The zero-order valence-electron chi connectivity index (χ0n) is 20.3. The first-order valence-corrected chi connectivity index (χ1v) is 12.2. The topological polar surface area (TPSA) is 145 Å². The third-order valence-electron chi connectivity index (χ3n) is 6.80. The van der Waals surface area contributed by atoms with Gasteiger partial charge in [0.05, 0.1) is 29.7 Å². The van der Waals surface area contributed by atoms with E-state index in [9.17, 15) is 0 Å². The Bertz CT molecular complexity index is 1370. The summed E-state index contributed by atoms with van der Waals surface area (Å²) < 4.78 is 4.02. The number of hydrogen-bond acceptors (Lipinski definition) is 7. The molecule has 0 atom stereocenters. The molecule has 2 aromatic carbocycles. The molecular weight excluding hydrogens is 470 g/mol. The number of rotatable bonds is 3. The predicted octanol–water partition coefficient (Wildman–Crippen LogP) is 4.98. The normalized spacial score (nSPS) is 16.0. The van der Waals surface area contributed by atoms with Crippen LogP contribution in [-0.2, 0) is 0 Å². The molecule has 2 fully saturated rings. The molecule has 0 radical (unpaired) electrons. The predicted molar refractivity (Wildman–Crippen MR) is 144 cm³/mol. The monoisotopic (exact) mass is 505 g/mol. The molecule has 2 aromatic heterocycles. The highest BCUT2D eigenvalue weighted by Crippen LogP contribution is 2.32. The molecule has 0 bridgehead atoms. The molecule has 11 nitrogen and oxygen atoms in total. The average molecular weight is 506 g/mol. The Hall–Kier alpha value is -4.04. The van der Waals surface area contributed by atoms with Crippen molar-refractivity contribution in [1.82, 2.24) is 30.0 Å². The summed E-state index contributed by atoms with van der Waals surface area (Å²) >= 11 is 0. The van der Waals surface area contributed by atoms with Crippen molar-refractivity contribution in [3.63, 3.8) is 0 Å². The Morgan fingerprint density at radius 3 is 1.86 bits per heavy atom. The Morgan fingerprint density at radius 1 is 0.892 bits per heavy atom. The molecular formula is C26H35N9O2. The van der Waals surface area contributed by atoms with Crippen LogP contribution in [-0.4, -0.2) is 53.2 Å². The highest BCUT2D eigenvalue weighted by molar-refractivity contribution is 5.99. The molecule has 11 heteroatoms. The van der Waals surface area contributed by atoms with Gasteiger partial charge in [-0.3, -0.25) is 0 Å². The SMILES string of the molecule is C.CO.NC(=NO)c1ccc2c(c1)nnn2C1CCCC1.[C-]#[N+]c1ccc2c(c1)nnn2C1CCCC1. The third kappa shape index (κ3) is 5.86. The number of nitrogens with zero attached hydrogens (tertiary/aromatic N) is 8. The van der Waals surface area contributed by atoms with Crippen molar-refractivity contribution in [3.8, 4) is 0 Å². The highest BCUT2D eigenvalue weighted by atomic mass is 16.4. The van der Waals surface area contributed by atoms with Gasteiger partial charge in [-0.25, -0.2) is 14.2 Å². The minimum Gasteiger partial charge on any atom is -0.409 e. The molecule has 0 saturated heterocycles. The Balaban J connectivity index is 0.000000189. The molecule has 2 heterocycles. The first kappa shape index (κ1) is 27.5. The van der Waals surface area contributed by atoms with Crippen LogP contribution in [0.15, 0.2) is 41.6 Å². The van der Waals surface area contributed by atoms with Gasteiger partial charge in [0.15, 0.2) is 11.5 Å². The molecule has 0 amide bonds. The van der Waals surface area contributed by atoms with E-state index in [1.165, 1.54) is 51.4 Å². The number of oxime groups is 1. The molecule has 4 N–H and O–H groups in total. The molecule has 0 spiro atoms. The van der Waals surface area contributed by atoms with E-state index in [1.807, 2.05) is 33.6 Å². The molecule has 0 unspecified atom stereocenters. The quantitative estimate of drug-likeness (QED) is 0.117. The molecule has 37 heavy (non-hydrogen) atoms. The fourth-order valence-electron chi connectivity index (χ4n) is 5.00. The van der Waals surface area contributed by atoms with Crippen LogP contribution in [0.5, 0.6) is 0 Å². The van der Waals surface area contributed by atoms with Crippen LogP contribution in [0.2, 0.25) is 0 Å². The van der Waals surface area contributed by atoms with Crippen LogP contribution in [0.1, 0.15) is 76.4 Å². The minimum absolute atomic E-state index is 0. The Morgan fingerprint density at radius 2 is 1.38 bits per heavy atom. The van der Waals surface area contributed by atoms with Gasteiger partial charge in [-0.05, 0) is 56.0 Å². The van der Waals surface area contributed by atoms with Gasteiger partial charge in [0.1, 0.15) is 11.0 Å². The van der Waals surface area contributed by atoms with Crippen molar-refractivity contribution < 1.29 is 10.3 Å². The van der Waals surface area contributed by atoms with E-state index < -0.39 is 0 Å². The van der Waals surface area contributed by atoms with Gasteiger partial charge in [-0.1, -0.05) is 54.8 Å². The van der Waals surface area contributed by atoms with Crippen molar-refractivity contribution in [1.29, 1.82) is 0 Å². The van der Waals surface area contributed by atoms with Crippen molar-refractivity contribution in [2.45, 2.75) is 70.9 Å². The van der Waals surface area contributed by atoms with E-state index in [0.29, 0.717) is 23.3 Å². The maximum absolute atomic E-state index is 8.66. The summed E-state index contributed by atoms with van der Waals surface area (Å²) in [4.78, 5) is 3.40. The second-order valence-electron chi connectivity index (χ2n) is 8.92. The fraction of sp³-hybridized carbons (Fsp3) is 0.462. The number of benzene rings is 2. The molecule has 2 aliphatic carbocycles. The van der Waals surface area contributed by atoms with Crippen LogP contribution in [0.3, 0.4) is 0 Å². The first-order chi connectivity index (χ1) is 17.7. The Kier molecular flexibility index (Phi) is 9.51. The lowest BCUT2D eigenvalue weighted by Crippen LogP contribution is -2.12. The number of aromatic nitrogens is 6. The second-order valence-corrected chi connectivity index (χ2v) is 8.92. The van der Waals surface area contributed by atoms with E-state index in [1.54, 1.807) is 12.1 Å². The zero-order chi connectivity index (χ0) is 25.5. The number of nitrogens with two attached hydrogens (primary N) is 1. The number of fused-ring (bicyclic) bond motifs is 2. The van der Waals surface area contributed by atoms with Gasteiger partial charge in [0.2, 0.25) is 0 Å². The molecule has 196 valence electrons. The van der Waals surface area contributed by atoms with Crippen molar-refractivity contribution >= 4 is 33.6 Å². The van der Waals surface area contributed by atoms with Crippen LogP contribution in [0, 0.1) is 6.57 Å². The third-order valence-corrected chi connectivity index (χ3v) is 6.80. The van der Waals surface area contributed by atoms with Gasteiger partial charge in [0.25, 0.3) is 0 Å². The van der Waals surface area contributed by atoms with Gasteiger partial charge < -0.3 is 16.0 Å². The minimum atomic E-state index is 0. The van der Waals surface area contributed by atoms with Crippen LogP contribution in [0.25, 0.3) is 26.9 Å². The number of hydrogen-bond donors (Lipinski definition) is 3. The van der Waals surface area contributed by atoms with E-state index in [0.717, 1.165) is 29.2 Å². The number of aliphatic hydroxyl groups is 1. The zero-order valence-corrected chi connectivity index (χ0v) is 20.3. The van der Waals surface area contributed by atoms with Crippen molar-refractivity contribution in [3.05, 3.63) is 53.4 Å². The van der Waals surface area contributed by atoms with Gasteiger partial charge in [-0.15, -0.1) is 10.2 Å². The summed E-state index contributed by atoms with van der Waals surface area (Å²) in [5.74, 6) is 0.0901. The number of amidine groups is 1. The fourth-order valence-corrected chi connectivity index (χ4v) is 5.00. The molecule has 2 saturated carbocycles. The lowest BCUT2D eigenvalue weighted by atomic mass is 10.1. The standard InChI is InChI=1S/C12H15N5O.C12H12N4.CH4O.CH4/c13-12(15-18)8-5-6-11-10(7-8)14-16-17(11)9-3-1-2-4-9;1-13-9-6-7-12-11(8-9)14-15-16(12)10-4-2-3-5-10;1-2;/h5-7,9,18H,1-4H2,(H2,13,15);6-8,10H,2-5H2;2H,1H3;1H4. The summed E-state index contributed by atoms with van der Waals surface area (Å²) in [5, 5.41) is 35.4.